The Hall–Kier alpha value is -2.28. The molecule has 0 N–H and O–H groups in total. The van der Waals surface area contributed by atoms with Crippen molar-refractivity contribution in [1.82, 2.24) is 4.90 Å². The molecule has 0 bridgehead atoms. The molecular weight excluding hydrogens is 286 g/mol. The molecule has 116 valence electrons. The lowest BCUT2D eigenvalue weighted by molar-refractivity contribution is -0.385. The first kappa shape index (κ1) is 14.6. The lowest BCUT2D eigenvalue weighted by atomic mass is 9.99. The highest BCUT2D eigenvalue weighted by Gasteiger charge is 2.37. The molecule has 1 saturated heterocycles. The lowest BCUT2D eigenvalue weighted by Gasteiger charge is -2.30. The maximum Gasteiger partial charge on any atom is 0.275 e. The predicted octanol–water partition coefficient (Wildman–Crippen LogP) is 1.45. The van der Waals surface area contributed by atoms with Crippen LogP contribution in [0.25, 0.3) is 0 Å². The molecule has 2 heterocycles. The molecule has 22 heavy (non-hydrogen) atoms. The van der Waals surface area contributed by atoms with Crippen molar-refractivity contribution in [3.05, 3.63) is 33.4 Å². The molecule has 1 unspecified atom stereocenters. The molecule has 1 atom stereocenters. The van der Waals surface area contributed by atoms with Crippen molar-refractivity contribution in [3.63, 3.8) is 0 Å². The number of carbonyl (C=O) groups excluding carboxylic acids is 2. The van der Waals surface area contributed by atoms with Crippen LogP contribution in [-0.4, -0.2) is 42.0 Å². The average molecular weight is 303 g/mol. The monoisotopic (exact) mass is 303 g/mol. The second-order valence-electron chi connectivity index (χ2n) is 5.77. The fraction of sp³-hybridized carbons (Fsp3) is 0.467. The van der Waals surface area contributed by atoms with Gasteiger partial charge in [-0.15, -0.1) is 0 Å². The number of likely N-dealkylation sites (N-methyl/N-ethyl adjacent to an activating group) is 1. The van der Waals surface area contributed by atoms with E-state index in [-0.39, 0.29) is 11.5 Å². The van der Waals surface area contributed by atoms with Gasteiger partial charge in [-0.2, -0.15) is 0 Å². The van der Waals surface area contributed by atoms with Crippen LogP contribution in [0.15, 0.2) is 12.1 Å². The Labute approximate surface area is 127 Å². The van der Waals surface area contributed by atoms with E-state index in [1.165, 1.54) is 6.07 Å². The topological polar surface area (TPSA) is 83.8 Å². The smallest absolute Gasteiger partial charge is 0.275 e. The molecule has 7 heteroatoms. The average Bonchev–Trinajstić information content (AvgIpc) is 2.83. The number of nitrogens with zero attached hydrogens (tertiary/aromatic N) is 3. The van der Waals surface area contributed by atoms with Crippen LogP contribution in [0, 0.1) is 10.1 Å². The molecule has 0 radical (unpaired) electrons. The van der Waals surface area contributed by atoms with Crippen molar-refractivity contribution in [1.29, 1.82) is 0 Å². The number of fused-ring (bicyclic) bond motifs is 1. The third-order valence-electron chi connectivity index (χ3n) is 4.47. The Morgan fingerprint density at radius 1 is 1.32 bits per heavy atom. The summed E-state index contributed by atoms with van der Waals surface area (Å²) in [7, 11) is 1.78. The Balaban J connectivity index is 2.07. The maximum absolute atomic E-state index is 11.4. The van der Waals surface area contributed by atoms with Crippen molar-refractivity contribution >= 4 is 23.4 Å². The van der Waals surface area contributed by atoms with E-state index < -0.39 is 11.0 Å². The number of ketones is 1. The van der Waals surface area contributed by atoms with Gasteiger partial charge in [0.1, 0.15) is 12.1 Å². The minimum Gasteiger partial charge on any atom is -0.370 e. The van der Waals surface area contributed by atoms with Crippen molar-refractivity contribution in [2.45, 2.75) is 25.4 Å². The van der Waals surface area contributed by atoms with Gasteiger partial charge in [-0.1, -0.05) is 0 Å². The molecular formula is C15H17N3O4. The fourth-order valence-corrected chi connectivity index (χ4v) is 3.33. The molecule has 0 spiro atoms. The SMILES string of the molecule is CN1Cc2c(N3CCC(=O)CC3)ccc([N+](=O)[O-])c2C1C=O. The van der Waals surface area contributed by atoms with Crippen LogP contribution in [0.1, 0.15) is 30.0 Å². The first-order chi connectivity index (χ1) is 10.5. The Morgan fingerprint density at radius 3 is 2.59 bits per heavy atom. The van der Waals surface area contributed by atoms with E-state index in [0.717, 1.165) is 17.5 Å². The number of hydrogen-bond donors (Lipinski definition) is 0. The normalized spacial score (nSPS) is 21.8. The quantitative estimate of drug-likeness (QED) is 0.477. The summed E-state index contributed by atoms with van der Waals surface area (Å²) in [5, 5.41) is 11.3. The number of carbonyl (C=O) groups is 2. The number of aldehydes is 1. The lowest BCUT2D eigenvalue weighted by Crippen LogP contribution is -2.34. The molecule has 1 fully saturated rings. The fourth-order valence-electron chi connectivity index (χ4n) is 3.33. The summed E-state index contributed by atoms with van der Waals surface area (Å²) in [6.45, 7) is 1.75. The number of piperidine rings is 1. The summed E-state index contributed by atoms with van der Waals surface area (Å²) in [6, 6.07) is 2.63. The third kappa shape index (κ3) is 2.27. The number of hydrogen-bond acceptors (Lipinski definition) is 6. The van der Waals surface area contributed by atoms with Crippen LogP contribution in [-0.2, 0) is 16.1 Å². The van der Waals surface area contributed by atoms with Gasteiger partial charge in [0, 0.05) is 49.8 Å². The minimum absolute atomic E-state index is 0.00622. The summed E-state index contributed by atoms with van der Waals surface area (Å²) in [5.74, 6) is 0.248. The van der Waals surface area contributed by atoms with E-state index in [2.05, 4.69) is 4.90 Å². The van der Waals surface area contributed by atoms with E-state index in [9.17, 15) is 19.7 Å². The number of rotatable bonds is 3. The van der Waals surface area contributed by atoms with Gasteiger partial charge in [-0.3, -0.25) is 19.8 Å². The van der Waals surface area contributed by atoms with Crippen LogP contribution >= 0.6 is 0 Å². The predicted molar refractivity (Wildman–Crippen MR) is 79.8 cm³/mol. The highest BCUT2D eigenvalue weighted by atomic mass is 16.6. The van der Waals surface area contributed by atoms with Crippen molar-refractivity contribution in [2.24, 2.45) is 0 Å². The summed E-state index contributed by atoms with van der Waals surface area (Å²) in [4.78, 5) is 37.5. The summed E-state index contributed by atoms with van der Waals surface area (Å²) >= 11 is 0. The van der Waals surface area contributed by atoms with Gasteiger partial charge in [0.25, 0.3) is 5.69 Å². The minimum atomic E-state index is -0.582. The van der Waals surface area contributed by atoms with E-state index in [0.29, 0.717) is 38.0 Å². The number of Topliss-reactive ketones (excluding diaryl/α,β-unsaturated/α-hetero) is 1. The van der Waals surface area contributed by atoms with Crippen molar-refractivity contribution in [3.8, 4) is 0 Å². The maximum atomic E-state index is 11.4. The van der Waals surface area contributed by atoms with Crippen LogP contribution in [0.5, 0.6) is 0 Å². The van der Waals surface area contributed by atoms with Gasteiger partial charge >= 0.3 is 0 Å². The van der Waals surface area contributed by atoms with Crippen LogP contribution in [0.4, 0.5) is 11.4 Å². The largest absolute Gasteiger partial charge is 0.370 e. The third-order valence-corrected chi connectivity index (χ3v) is 4.47. The Morgan fingerprint density at radius 2 is 2.00 bits per heavy atom. The second-order valence-corrected chi connectivity index (χ2v) is 5.77. The zero-order chi connectivity index (χ0) is 15.9. The van der Waals surface area contributed by atoms with Gasteiger partial charge in [0.2, 0.25) is 0 Å². The Kier molecular flexibility index (Phi) is 3.66. The molecule has 0 aromatic heterocycles. The number of anilines is 1. The molecule has 2 aliphatic rings. The zero-order valence-corrected chi connectivity index (χ0v) is 12.3. The standard InChI is InChI=1S/C15H17N3O4/c1-16-8-11-12(17-6-4-10(20)5-7-17)2-3-13(18(21)22)15(11)14(16)9-19/h2-3,9,14H,4-8H2,1H3. The highest BCUT2D eigenvalue weighted by Crippen LogP contribution is 2.42. The number of nitro groups is 1. The summed E-state index contributed by atoms with van der Waals surface area (Å²) < 4.78 is 0. The first-order valence-electron chi connectivity index (χ1n) is 7.25. The van der Waals surface area contributed by atoms with Crippen LogP contribution in [0.2, 0.25) is 0 Å². The molecule has 3 rings (SSSR count). The van der Waals surface area contributed by atoms with Gasteiger partial charge in [0.05, 0.1) is 16.5 Å². The van der Waals surface area contributed by atoms with E-state index in [1.54, 1.807) is 13.1 Å². The van der Waals surface area contributed by atoms with Gasteiger partial charge in [0.15, 0.2) is 0 Å². The highest BCUT2D eigenvalue weighted by molar-refractivity contribution is 5.82. The Bertz CT molecular complexity index is 648. The molecule has 0 aliphatic carbocycles. The summed E-state index contributed by atoms with van der Waals surface area (Å²) in [5.41, 5.74) is 2.23. The molecule has 1 aromatic rings. The molecule has 0 saturated carbocycles. The zero-order valence-electron chi connectivity index (χ0n) is 12.3. The van der Waals surface area contributed by atoms with E-state index >= 15 is 0 Å². The molecule has 7 nitrogen and oxygen atoms in total. The molecule has 0 amide bonds. The number of benzene rings is 1. The summed E-state index contributed by atoms with van der Waals surface area (Å²) in [6.07, 6.45) is 1.75. The number of nitro benzene ring substituents is 1. The van der Waals surface area contributed by atoms with Gasteiger partial charge < -0.3 is 9.69 Å². The molecule has 1 aromatic carbocycles. The van der Waals surface area contributed by atoms with Gasteiger partial charge in [-0.05, 0) is 13.1 Å². The molecule has 2 aliphatic heterocycles. The second kappa shape index (κ2) is 5.49. The first-order valence-corrected chi connectivity index (χ1v) is 7.25. The van der Waals surface area contributed by atoms with Crippen LogP contribution in [0.3, 0.4) is 0 Å². The van der Waals surface area contributed by atoms with Crippen molar-refractivity contribution < 1.29 is 14.5 Å². The van der Waals surface area contributed by atoms with Gasteiger partial charge in [-0.25, -0.2) is 0 Å². The van der Waals surface area contributed by atoms with Crippen molar-refractivity contribution in [2.75, 3.05) is 25.0 Å². The van der Waals surface area contributed by atoms with E-state index in [4.69, 9.17) is 0 Å². The van der Waals surface area contributed by atoms with E-state index in [1.807, 2.05) is 4.90 Å². The van der Waals surface area contributed by atoms with Crippen LogP contribution < -0.4 is 4.90 Å².